The Morgan fingerprint density at radius 3 is 2.60 bits per heavy atom. The number of aromatic hydroxyl groups is 1. The number of pyridine rings is 1. The van der Waals surface area contributed by atoms with Crippen LogP contribution in [0.5, 0.6) is 5.88 Å². The summed E-state index contributed by atoms with van der Waals surface area (Å²) in [5.74, 6) is 0.199. The van der Waals surface area contributed by atoms with E-state index in [9.17, 15) is 5.11 Å². The Morgan fingerprint density at radius 2 is 1.84 bits per heavy atom. The SMILES string of the molecule is CCCn1cc2nc3c(-c4ccccc4C)cccc3c(N)c2c1O. The quantitative estimate of drug-likeness (QED) is 0.563. The van der Waals surface area contributed by atoms with E-state index in [-0.39, 0.29) is 5.88 Å². The van der Waals surface area contributed by atoms with Crippen LogP contribution in [0, 0.1) is 6.92 Å². The minimum Gasteiger partial charge on any atom is -0.494 e. The molecule has 0 atom stereocenters. The maximum Gasteiger partial charge on any atom is 0.202 e. The molecule has 0 bridgehead atoms. The molecule has 0 aliphatic carbocycles. The Kier molecular flexibility index (Phi) is 3.61. The highest BCUT2D eigenvalue weighted by molar-refractivity contribution is 6.12. The second-order valence-electron chi connectivity index (χ2n) is 6.45. The molecule has 0 saturated heterocycles. The van der Waals surface area contributed by atoms with Gasteiger partial charge in [-0.25, -0.2) is 4.98 Å². The van der Waals surface area contributed by atoms with Crippen molar-refractivity contribution in [3.05, 3.63) is 54.2 Å². The highest BCUT2D eigenvalue weighted by Crippen LogP contribution is 2.39. The topological polar surface area (TPSA) is 64.1 Å². The van der Waals surface area contributed by atoms with Crippen LogP contribution in [0.4, 0.5) is 5.69 Å². The van der Waals surface area contributed by atoms with Gasteiger partial charge in [-0.3, -0.25) is 0 Å². The lowest BCUT2D eigenvalue weighted by Crippen LogP contribution is -1.94. The highest BCUT2D eigenvalue weighted by Gasteiger charge is 2.17. The van der Waals surface area contributed by atoms with E-state index in [0.717, 1.165) is 40.5 Å². The number of aromatic nitrogens is 2. The highest BCUT2D eigenvalue weighted by atomic mass is 16.3. The fourth-order valence-electron chi connectivity index (χ4n) is 3.51. The lowest BCUT2D eigenvalue weighted by Gasteiger charge is -2.11. The molecule has 0 spiro atoms. The molecular weight excluding hydrogens is 310 g/mol. The summed E-state index contributed by atoms with van der Waals surface area (Å²) in [4.78, 5) is 4.86. The first-order valence-electron chi connectivity index (χ1n) is 8.57. The minimum atomic E-state index is 0.199. The number of hydrogen-bond donors (Lipinski definition) is 2. The molecule has 126 valence electrons. The first-order chi connectivity index (χ1) is 12.1. The molecule has 2 aromatic carbocycles. The van der Waals surface area contributed by atoms with Crippen LogP contribution in [0.3, 0.4) is 0 Å². The lowest BCUT2D eigenvalue weighted by atomic mass is 9.97. The van der Waals surface area contributed by atoms with Crippen molar-refractivity contribution in [1.82, 2.24) is 9.55 Å². The van der Waals surface area contributed by atoms with E-state index in [4.69, 9.17) is 10.7 Å². The van der Waals surface area contributed by atoms with Crippen molar-refractivity contribution in [1.29, 1.82) is 0 Å². The molecule has 0 fully saturated rings. The predicted octanol–water partition coefficient (Wildman–Crippen LogP) is 4.86. The van der Waals surface area contributed by atoms with Crippen molar-refractivity contribution in [2.75, 3.05) is 5.73 Å². The fourth-order valence-corrected chi connectivity index (χ4v) is 3.51. The minimum absolute atomic E-state index is 0.199. The van der Waals surface area contributed by atoms with Crippen molar-refractivity contribution < 1.29 is 5.11 Å². The monoisotopic (exact) mass is 331 g/mol. The van der Waals surface area contributed by atoms with Crippen LogP contribution in [0.25, 0.3) is 32.9 Å². The molecule has 2 heterocycles. The average molecular weight is 331 g/mol. The summed E-state index contributed by atoms with van der Waals surface area (Å²) in [7, 11) is 0. The molecule has 0 unspecified atom stereocenters. The number of benzene rings is 2. The molecule has 25 heavy (non-hydrogen) atoms. The van der Waals surface area contributed by atoms with E-state index in [1.165, 1.54) is 5.56 Å². The first kappa shape index (κ1) is 15.5. The average Bonchev–Trinajstić information content (AvgIpc) is 2.92. The Balaban J connectivity index is 2.08. The summed E-state index contributed by atoms with van der Waals surface area (Å²) >= 11 is 0. The van der Waals surface area contributed by atoms with Crippen molar-refractivity contribution in [2.24, 2.45) is 0 Å². The molecular formula is C21H21N3O. The van der Waals surface area contributed by atoms with Crippen LogP contribution in [0.1, 0.15) is 18.9 Å². The van der Waals surface area contributed by atoms with Crippen molar-refractivity contribution >= 4 is 27.5 Å². The Labute approximate surface area is 146 Å². The fraction of sp³-hybridized carbons (Fsp3) is 0.190. The Morgan fingerprint density at radius 1 is 1.08 bits per heavy atom. The number of para-hydroxylation sites is 1. The van der Waals surface area contributed by atoms with Crippen LogP contribution in [-0.4, -0.2) is 14.7 Å². The van der Waals surface area contributed by atoms with Crippen LogP contribution in [0.15, 0.2) is 48.7 Å². The number of rotatable bonds is 3. The van der Waals surface area contributed by atoms with Gasteiger partial charge in [0, 0.05) is 23.7 Å². The van der Waals surface area contributed by atoms with Crippen molar-refractivity contribution in [3.8, 4) is 17.0 Å². The standard InChI is InChI=1S/C21H21N3O/c1-3-11-24-12-17-18(21(24)25)19(22)16-10-6-9-15(20(16)23-17)14-8-5-4-7-13(14)2/h4-10,12,25H,3,11,22H2,1-2H3. The Bertz CT molecular complexity index is 1100. The maximum atomic E-state index is 10.5. The second-order valence-corrected chi connectivity index (χ2v) is 6.45. The van der Waals surface area contributed by atoms with Crippen LogP contribution in [-0.2, 0) is 6.54 Å². The predicted molar refractivity (Wildman–Crippen MR) is 104 cm³/mol. The molecule has 0 aliphatic rings. The van der Waals surface area contributed by atoms with Gasteiger partial charge < -0.3 is 15.4 Å². The van der Waals surface area contributed by atoms with Gasteiger partial charge in [-0.15, -0.1) is 0 Å². The summed E-state index contributed by atoms with van der Waals surface area (Å²) < 4.78 is 1.82. The van der Waals surface area contributed by atoms with Gasteiger partial charge in [-0.05, 0) is 24.5 Å². The Hall–Kier alpha value is -3.01. The van der Waals surface area contributed by atoms with Crippen LogP contribution < -0.4 is 5.73 Å². The van der Waals surface area contributed by atoms with Crippen LogP contribution >= 0.6 is 0 Å². The van der Waals surface area contributed by atoms with Gasteiger partial charge in [-0.2, -0.15) is 0 Å². The second kappa shape index (κ2) is 5.81. The van der Waals surface area contributed by atoms with E-state index >= 15 is 0 Å². The van der Waals surface area contributed by atoms with E-state index in [1.807, 2.05) is 35.0 Å². The third-order valence-electron chi connectivity index (χ3n) is 4.76. The summed E-state index contributed by atoms with van der Waals surface area (Å²) in [5, 5.41) is 12.0. The van der Waals surface area contributed by atoms with E-state index < -0.39 is 0 Å². The molecule has 0 saturated carbocycles. The largest absolute Gasteiger partial charge is 0.494 e. The lowest BCUT2D eigenvalue weighted by molar-refractivity contribution is 0.421. The number of nitrogen functional groups attached to an aromatic ring is 1. The zero-order valence-electron chi connectivity index (χ0n) is 14.5. The molecule has 2 aromatic heterocycles. The molecule has 4 rings (SSSR count). The summed E-state index contributed by atoms with van der Waals surface area (Å²) in [6.07, 6.45) is 2.82. The molecule has 0 radical (unpaired) electrons. The molecule has 4 nitrogen and oxygen atoms in total. The molecule has 4 heteroatoms. The van der Waals surface area contributed by atoms with E-state index in [0.29, 0.717) is 11.1 Å². The van der Waals surface area contributed by atoms with E-state index in [2.05, 4.69) is 32.0 Å². The van der Waals surface area contributed by atoms with Gasteiger partial charge in [0.05, 0.1) is 22.1 Å². The van der Waals surface area contributed by atoms with Gasteiger partial charge >= 0.3 is 0 Å². The van der Waals surface area contributed by atoms with Gasteiger partial charge in [0.15, 0.2) is 0 Å². The molecule has 3 N–H and O–H groups in total. The van der Waals surface area contributed by atoms with Gasteiger partial charge in [0.2, 0.25) is 5.88 Å². The molecule has 4 aromatic rings. The number of anilines is 1. The summed E-state index contributed by atoms with van der Waals surface area (Å²) in [5.41, 5.74) is 12.0. The van der Waals surface area contributed by atoms with E-state index in [1.54, 1.807) is 0 Å². The third-order valence-corrected chi connectivity index (χ3v) is 4.76. The zero-order valence-corrected chi connectivity index (χ0v) is 14.5. The smallest absolute Gasteiger partial charge is 0.202 e. The molecule has 0 amide bonds. The summed E-state index contributed by atoms with van der Waals surface area (Å²) in [6, 6.07) is 14.3. The normalized spacial score (nSPS) is 11.4. The summed E-state index contributed by atoms with van der Waals surface area (Å²) in [6.45, 7) is 4.91. The first-order valence-corrected chi connectivity index (χ1v) is 8.57. The van der Waals surface area contributed by atoms with Gasteiger partial charge in [0.25, 0.3) is 0 Å². The number of hydrogen-bond acceptors (Lipinski definition) is 3. The molecule has 0 aliphatic heterocycles. The number of fused-ring (bicyclic) bond motifs is 2. The zero-order chi connectivity index (χ0) is 17.6. The number of aryl methyl sites for hydroxylation is 2. The van der Waals surface area contributed by atoms with Gasteiger partial charge in [-0.1, -0.05) is 49.4 Å². The van der Waals surface area contributed by atoms with Crippen molar-refractivity contribution in [3.63, 3.8) is 0 Å². The number of nitrogens with two attached hydrogens (primary N) is 1. The maximum absolute atomic E-state index is 10.5. The van der Waals surface area contributed by atoms with Crippen molar-refractivity contribution in [2.45, 2.75) is 26.8 Å². The van der Waals surface area contributed by atoms with Crippen LogP contribution in [0.2, 0.25) is 0 Å². The number of nitrogens with zero attached hydrogens (tertiary/aromatic N) is 2. The van der Waals surface area contributed by atoms with Gasteiger partial charge in [0.1, 0.15) is 0 Å². The third kappa shape index (κ3) is 2.33.